The van der Waals surface area contributed by atoms with Crippen LogP contribution < -0.4 is 0 Å². The number of carbonyl (C=O) groups excluding carboxylic acids is 3. The minimum absolute atomic E-state index is 0.0460. The number of ether oxygens (including phenoxy) is 5. The number of hydrogen-bond donors (Lipinski definition) is 3. The largest absolute Gasteiger partial charge is 0.479 e. The standard InChI is InChI=1S/C65H110O12/c1-4-7-10-13-16-19-22-25-28-29-32-33-36-39-42-45-48-51-57(66)73-54-56(75-58(67)52-49-46-43-40-37-34-30-26-23-20-17-14-11-8-5-2)55-74-65-63(61(70)60(69)62(77-65)64(71)72)76-59(68)53-50-47-44-41-38-35-31-27-24-21-18-15-12-9-6-3/h7,10,16,19,25-28,30-33,56,60-63,65,69-70H,4-6,8-9,11-15,17-18,20-24,29,34-55H2,1-3H3,(H,71,72)/b10-7-,19-16-,28-25-,30-26-,31-27-,33-32-. The molecule has 12 nitrogen and oxygen atoms in total. The van der Waals surface area contributed by atoms with Crippen LogP contribution >= 0.6 is 0 Å². The maximum atomic E-state index is 13.2. The molecule has 1 fully saturated rings. The van der Waals surface area contributed by atoms with Gasteiger partial charge in [-0.1, -0.05) is 209 Å². The Bertz CT molecular complexity index is 1620. The van der Waals surface area contributed by atoms with Gasteiger partial charge < -0.3 is 39.0 Å². The molecular weight excluding hydrogens is 973 g/mol. The fourth-order valence-corrected chi connectivity index (χ4v) is 9.00. The first-order valence-electron chi connectivity index (χ1n) is 30.9. The third kappa shape index (κ3) is 42.7. The van der Waals surface area contributed by atoms with Crippen LogP contribution in [0.5, 0.6) is 0 Å². The third-order valence-corrected chi connectivity index (χ3v) is 13.7. The van der Waals surface area contributed by atoms with Crippen molar-refractivity contribution in [3.05, 3.63) is 72.9 Å². The molecule has 77 heavy (non-hydrogen) atoms. The first-order chi connectivity index (χ1) is 37.6. The number of aliphatic carboxylic acids is 1. The predicted molar refractivity (Wildman–Crippen MR) is 312 cm³/mol. The van der Waals surface area contributed by atoms with Crippen LogP contribution in [0.4, 0.5) is 0 Å². The average molecular weight is 1080 g/mol. The van der Waals surface area contributed by atoms with Crippen molar-refractivity contribution in [2.75, 3.05) is 13.2 Å². The van der Waals surface area contributed by atoms with Crippen molar-refractivity contribution in [3.63, 3.8) is 0 Å². The van der Waals surface area contributed by atoms with Gasteiger partial charge >= 0.3 is 23.9 Å². The van der Waals surface area contributed by atoms with Gasteiger partial charge in [-0.05, 0) is 109 Å². The van der Waals surface area contributed by atoms with Gasteiger partial charge in [0.15, 0.2) is 24.6 Å². The Morgan fingerprint density at radius 3 is 1.26 bits per heavy atom. The van der Waals surface area contributed by atoms with E-state index in [4.69, 9.17) is 23.7 Å². The molecule has 0 radical (unpaired) electrons. The van der Waals surface area contributed by atoms with E-state index in [2.05, 4.69) is 93.7 Å². The quantitative estimate of drug-likeness (QED) is 0.0228. The summed E-state index contributed by atoms with van der Waals surface area (Å²) in [6.45, 7) is 5.85. The molecule has 12 heteroatoms. The lowest BCUT2D eigenvalue weighted by atomic mass is 9.98. The van der Waals surface area contributed by atoms with Crippen molar-refractivity contribution in [2.24, 2.45) is 0 Å². The summed E-state index contributed by atoms with van der Waals surface area (Å²) in [6.07, 6.45) is 54.3. The SMILES string of the molecule is CC/C=C\C/C=C\C/C=C\C/C=C\CCCCCCC(=O)OCC(COC1OC(C(=O)O)C(O)C(O)C1OC(=O)CCCCCCC/C=C\CCCCCCCC)OC(=O)CCCCCCC/C=C\CCCCCCCC. The summed E-state index contributed by atoms with van der Waals surface area (Å²) in [6, 6.07) is 0. The summed E-state index contributed by atoms with van der Waals surface area (Å²) in [5, 5.41) is 31.5. The minimum Gasteiger partial charge on any atom is -0.479 e. The van der Waals surface area contributed by atoms with Crippen LogP contribution in [0.25, 0.3) is 0 Å². The molecule has 1 heterocycles. The van der Waals surface area contributed by atoms with Crippen LogP contribution in [-0.4, -0.2) is 89.2 Å². The lowest BCUT2D eigenvalue weighted by molar-refractivity contribution is -0.301. The van der Waals surface area contributed by atoms with Gasteiger partial charge in [-0.15, -0.1) is 0 Å². The van der Waals surface area contributed by atoms with Crippen LogP contribution in [0, 0.1) is 0 Å². The van der Waals surface area contributed by atoms with Crippen molar-refractivity contribution in [3.8, 4) is 0 Å². The van der Waals surface area contributed by atoms with Crippen molar-refractivity contribution in [1.29, 1.82) is 0 Å². The number of carboxylic acid groups (broad SMARTS) is 1. The molecular formula is C65H110O12. The van der Waals surface area contributed by atoms with Crippen molar-refractivity contribution in [1.82, 2.24) is 0 Å². The number of rotatable bonds is 52. The van der Waals surface area contributed by atoms with E-state index in [1.807, 2.05) is 0 Å². The van der Waals surface area contributed by atoms with Crippen LogP contribution in [0.3, 0.4) is 0 Å². The van der Waals surface area contributed by atoms with Gasteiger partial charge in [0, 0.05) is 19.3 Å². The molecule has 6 unspecified atom stereocenters. The highest BCUT2D eigenvalue weighted by Gasteiger charge is 2.50. The van der Waals surface area contributed by atoms with Gasteiger partial charge in [0.25, 0.3) is 0 Å². The lowest BCUT2D eigenvalue weighted by Gasteiger charge is -2.40. The second kappa shape index (κ2) is 52.8. The Hall–Kier alpha value is -3.84. The maximum Gasteiger partial charge on any atom is 0.335 e. The first kappa shape index (κ1) is 71.2. The maximum absolute atomic E-state index is 13.2. The molecule has 0 bridgehead atoms. The van der Waals surface area contributed by atoms with E-state index in [1.165, 1.54) is 77.0 Å². The molecule has 0 aromatic carbocycles. The molecule has 0 aromatic heterocycles. The number of esters is 3. The molecule has 1 aliphatic heterocycles. The Morgan fingerprint density at radius 2 is 0.818 bits per heavy atom. The fourth-order valence-electron chi connectivity index (χ4n) is 9.00. The van der Waals surface area contributed by atoms with Crippen LogP contribution in [0.15, 0.2) is 72.9 Å². The summed E-state index contributed by atoms with van der Waals surface area (Å²) in [7, 11) is 0. The Balaban J connectivity index is 2.71. The van der Waals surface area contributed by atoms with E-state index in [0.717, 1.165) is 128 Å². The molecule has 0 aliphatic carbocycles. The number of aliphatic hydroxyl groups excluding tert-OH is 2. The third-order valence-electron chi connectivity index (χ3n) is 13.7. The fraction of sp³-hybridized carbons (Fsp3) is 0.754. The van der Waals surface area contributed by atoms with Crippen molar-refractivity contribution in [2.45, 2.75) is 302 Å². The number of aliphatic hydroxyl groups is 2. The lowest BCUT2D eigenvalue weighted by Crippen LogP contribution is -2.61. The van der Waals surface area contributed by atoms with Gasteiger partial charge in [0.2, 0.25) is 0 Å². The Kier molecular flexibility index (Phi) is 48.8. The van der Waals surface area contributed by atoms with Gasteiger partial charge in [-0.25, -0.2) is 4.79 Å². The molecule has 0 spiro atoms. The van der Waals surface area contributed by atoms with Gasteiger partial charge in [0.1, 0.15) is 18.8 Å². The molecule has 1 aliphatic rings. The molecule has 0 saturated carbocycles. The molecule has 1 saturated heterocycles. The highest BCUT2D eigenvalue weighted by Crippen LogP contribution is 2.26. The molecule has 6 atom stereocenters. The number of hydrogen-bond acceptors (Lipinski definition) is 11. The summed E-state index contributed by atoms with van der Waals surface area (Å²) >= 11 is 0. The Labute approximate surface area is 468 Å². The van der Waals surface area contributed by atoms with E-state index in [9.17, 15) is 34.5 Å². The second-order valence-corrected chi connectivity index (χ2v) is 20.9. The average Bonchev–Trinajstić information content (AvgIpc) is 3.42. The van der Waals surface area contributed by atoms with Crippen LogP contribution in [-0.2, 0) is 42.9 Å². The summed E-state index contributed by atoms with van der Waals surface area (Å²) < 4.78 is 28.4. The predicted octanol–water partition coefficient (Wildman–Crippen LogP) is 16.1. The monoisotopic (exact) mass is 1080 g/mol. The second-order valence-electron chi connectivity index (χ2n) is 20.9. The van der Waals surface area contributed by atoms with Crippen LogP contribution in [0.2, 0.25) is 0 Å². The van der Waals surface area contributed by atoms with Crippen molar-refractivity contribution < 1.29 is 58.2 Å². The normalized spacial score (nSPS) is 18.5. The molecule has 3 N–H and O–H groups in total. The number of allylic oxidation sites excluding steroid dienone is 12. The van der Waals surface area contributed by atoms with E-state index in [0.29, 0.717) is 19.3 Å². The van der Waals surface area contributed by atoms with Gasteiger partial charge in [0.05, 0.1) is 6.61 Å². The smallest absolute Gasteiger partial charge is 0.335 e. The minimum atomic E-state index is -1.91. The summed E-state index contributed by atoms with van der Waals surface area (Å²) in [5.41, 5.74) is 0. The number of carboxylic acids is 1. The highest BCUT2D eigenvalue weighted by atomic mass is 16.7. The number of unbranched alkanes of at least 4 members (excludes halogenated alkanes) is 26. The zero-order valence-electron chi connectivity index (χ0n) is 48.7. The number of carbonyl (C=O) groups is 4. The van der Waals surface area contributed by atoms with Crippen molar-refractivity contribution >= 4 is 23.9 Å². The highest BCUT2D eigenvalue weighted by molar-refractivity contribution is 5.74. The topological polar surface area (TPSA) is 175 Å². The molecule has 0 amide bonds. The van der Waals surface area contributed by atoms with E-state index < -0.39 is 67.3 Å². The van der Waals surface area contributed by atoms with E-state index >= 15 is 0 Å². The van der Waals surface area contributed by atoms with Gasteiger partial charge in [-0.3, -0.25) is 14.4 Å². The van der Waals surface area contributed by atoms with E-state index in [-0.39, 0.29) is 25.9 Å². The van der Waals surface area contributed by atoms with E-state index in [1.54, 1.807) is 0 Å². The zero-order valence-corrected chi connectivity index (χ0v) is 48.7. The van der Waals surface area contributed by atoms with Gasteiger partial charge in [-0.2, -0.15) is 0 Å². The molecule has 442 valence electrons. The Morgan fingerprint density at radius 1 is 0.442 bits per heavy atom. The summed E-state index contributed by atoms with van der Waals surface area (Å²) in [4.78, 5) is 51.2. The molecule has 1 rings (SSSR count). The zero-order chi connectivity index (χ0) is 56.1. The first-order valence-corrected chi connectivity index (χ1v) is 30.9. The summed E-state index contributed by atoms with van der Waals surface area (Å²) in [5.74, 6) is -3.17. The van der Waals surface area contributed by atoms with Crippen LogP contribution in [0.1, 0.15) is 265 Å². The molecule has 0 aromatic rings.